The number of aryl methyl sites for hydroxylation is 2. The smallest absolute Gasteiger partial charge is 0.287 e. The number of alkyl halides is 3. The van der Waals surface area contributed by atoms with Crippen molar-refractivity contribution >= 4 is 28.1 Å². The van der Waals surface area contributed by atoms with E-state index in [1.807, 2.05) is 0 Å². The Morgan fingerprint density at radius 3 is 2.39 bits per heavy atom. The highest BCUT2D eigenvalue weighted by Gasteiger charge is 2.31. The molecule has 0 radical (unpaired) electrons. The first kappa shape index (κ1) is 22.4. The molecule has 0 bridgehead atoms. The van der Waals surface area contributed by atoms with E-state index in [2.05, 4.69) is 10.1 Å². The average molecular weight is 470 g/mol. The predicted octanol–water partition coefficient (Wildman–Crippen LogP) is 5.30. The monoisotopic (exact) mass is 470 g/mol. The van der Waals surface area contributed by atoms with E-state index in [1.165, 1.54) is 41.4 Å². The second kappa shape index (κ2) is 8.62. The highest BCUT2D eigenvalue weighted by molar-refractivity contribution is 7.14. The molecule has 0 atom stereocenters. The third kappa shape index (κ3) is 4.56. The molecule has 0 fully saturated rings. The summed E-state index contributed by atoms with van der Waals surface area (Å²) >= 11 is 1.22. The van der Waals surface area contributed by atoms with Crippen LogP contribution in [0, 0.1) is 13.8 Å². The topological polar surface area (TPSA) is 68.1 Å². The zero-order valence-corrected chi connectivity index (χ0v) is 18.3. The molecule has 0 aliphatic carbocycles. The van der Waals surface area contributed by atoms with Crippen molar-refractivity contribution in [3.8, 4) is 5.69 Å². The SMILES string of the molecule is Cc1csc(N(C(=O)c2nn(-c3cccc(C(F)(F)F)c3)c(C)cc2=O)c2ccccc2)n1. The molecule has 4 rings (SSSR count). The maximum Gasteiger partial charge on any atom is 0.416 e. The van der Waals surface area contributed by atoms with Gasteiger partial charge < -0.3 is 0 Å². The molecular formula is C23H17F3N4O2S. The average Bonchev–Trinajstić information content (AvgIpc) is 3.20. The third-order valence-electron chi connectivity index (χ3n) is 4.74. The summed E-state index contributed by atoms with van der Waals surface area (Å²) in [7, 11) is 0. The zero-order valence-electron chi connectivity index (χ0n) is 17.5. The molecule has 0 unspecified atom stereocenters. The Morgan fingerprint density at radius 2 is 1.76 bits per heavy atom. The maximum absolute atomic E-state index is 13.5. The van der Waals surface area contributed by atoms with Gasteiger partial charge in [0.25, 0.3) is 5.91 Å². The lowest BCUT2D eigenvalue weighted by Crippen LogP contribution is -2.33. The fraction of sp³-hybridized carbons (Fsp3) is 0.130. The molecular weight excluding hydrogens is 453 g/mol. The van der Waals surface area contributed by atoms with Crippen molar-refractivity contribution in [2.24, 2.45) is 0 Å². The van der Waals surface area contributed by atoms with Gasteiger partial charge in [0, 0.05) is 17.1 Å². The van der Waals surface area contributed by atoms with E-state index in [4.69, 9.17) is 0 Å². The Balaban J connectivity index is 1.85. The molecule has 4 aromatic rings. The van der Waals surface area contributed by atoms with Gasteiger partial charge in [-0.05, 0) is 44.2 Å². The number of benzene rings is 2. The number of carbonyl (C=O) groups excluding carboxylic acids is 1. The van der Waals surface area contributed by atoms with Crippen LogP contribution in [0.4, 0.5) is 24.0 Å². The number of amides is 1. The van der Waals surface area contributed by atoms with Gasteiger partial charge in [-0.25, -0.2) is 9.67 Å². The fourth-order valence-electron chi connectivity index (χ4n) is 3.21. The summed E-state index contributed by atoms with van der Waals surface area (Å²) in [6, 6.07) is 14.3. The van der Waals surface area contributed by atoms with E-state index in [-0.39, 0.29) is 11.4 Å². The first-order valence-electron chi connectivity index (χ1n) is 9.75. The van der Waals surface area contributed by atoms with Crippen LogP contribution in [0.5, 0.6) is 0 Å². The summed E-state index contributed by atoms with van der Waals surface area (Å²) in [5.41, 5.74) is -0.409. The minimum absolute atomic E-state index is 0.0766. The van der Waals surface area contributed by atoms with Crippen LogP contribution in [0.1, 0.15) is 27.4 Å². The summed E-state index contributed by atoms with van der Waals surface area (Å²) in [4.78, 5) is 31.9. The Morgan fingerprint density at radius 1 is 1.03 bits per heavy atom. The quantitative estimate of drug-likeness (QED) is 0.406. The molecule has 10 heteroatoms. The van der Waals surface area contributed by atoms with Crippen molar-refractivity contribution in [3.63, 3.8) is 0 Å². The molecule has 0 aliphatic rings. The van der Waals surface area contributed by atoms with Crippen molar-refractivity contribution in [3.05, 3.63) is 98.9 Å². The van der Waals surface area contributed by atoms with Crippen LogP contribution in [-0.2, 0) is 6.18 Å². The lowest BCUT2D eigenvalue weighted by Gasteiger charge is -2.20. The van der Waals surface area contributed by atoms with E-state index < -0.39 is 28.8 Å². The van der Waals surface area contributed by atoms with Crippen LogP contribution in [0.3, 0.4) is 0 Å². The van der Waals surface area contributed by atoms with Crippen molar-refractivity contribution in [2.45, 2.75) is 20.0 Å². The lowest BCUT2D eigenvalue weighted by molar-refractivity contribution is -0.137. The van der Waals surface area contributed by atoms with Crippen LogP contribution >= 0.6 is 11.3 Å². The van der Waals surface area contributed by atoms with Crippen molar-refractivity contribution in [1.82, 2.24) is 14.8 Å². The van der Waals surface area contributed by atoms with Crippen molar-refractivity contribution in [1.29, 1.82) is 0 Å². The van der Waals surface area contributed by atoms with Crippen LogP contribution in [0.2, 0.25) is 0 Å². The molecule has 0 saturated heterocycles. The molecule has 33 heavy (non-hydrogen) atoms. The van der Waals surface area contributed by atoms with Gasteiger partial charge in [-0.15, -0.1) is 11.3 Å². The first-order chi connectivity index (χ1) is 15.6. The minimum Gasteiger partial charge on any atom is -0.287 e. The standard InChI is InChI=1S/C23H17F3N4O2S/c1-14-13-33-22(27-14)29(17-8-4-3-5-9-17)21(32)20-19(31)11-15(2)30(28-20)18-10-6-7-16(12-18)23(24,25)26/h3-13H,1-2H3. The summed E-state index contributed by atoms with van der Waals surface area (Å²) in [5, 5.41) is 6.28. The number of anilines is 2. The summed E-state index contributed by atoms with van der Waals surface area (Å²) in [5.74, 6) is -0.735. The molecule has 168 valence electrons. The molecule has 0 aliphatic heterocycles. The van der Waals surface area contributed by atoms with Crippen molar-refractivity contribution in [2.75, 3.05) is 4.90 Å². The van der Waals surface area contributed by atoms with E-state index in [1.54, 1.807) is 42.6 Å². The van der Waals surface area contributed by atoms with Gasteiger partial charge in [0.1, 0.15) is 0 Å². The molecule has 0 N–H and O–H groups in total. The van der Waals surface area contributed by atoms with Gasteiger partial charge >= 0.3 is 6.18 Å². The second-order valence-electron chi connectivity index (χ2n) is 7.21. The molecule has 2 heterocycles. The van der Waals surface area contributed by atoms with Gasteiger partial charge in [0.15, 0.2) is 10.8 Å². The molecule has 6 nitrogen and oxygen atoms in total. The number of carbonyl (C=O) groups is 1. The van der Waals surface area contributed by atoms with Gasteiger partial charge in [0.2, 0.25) is 5.43 Å². The molecule has 0 saturated carbocycles. The van der Waals surface area contributed by atoms with Crippen molar-refractivity contribution < 1.29 is 18.0 Å². The summed E-state index contributed by atoms with van der Waals surface area (Å²) in [6.07, 6.45) is -4.55. The predicted molar refractivity (Wildman–Crippen MR) is 119 cm³/mol. The van der Waals surface area contributed by atoms with E-state index in [9.17, 15) is 22.8 Å². The van der Waals surface area contributed by atoms with Crippen LogP contribution < -0.4 is 10.3 Å². The zero-order chi connectivity index (χ0) is 23.8. The van der Waals surface area contributed by atoms with Crippen LogP contribution in [-0.4, -0.2) is 20.7 Å². The van der Waals surface area contributed by atoms with E-state index in [0.717, 1.165) is 16.8 Å². The number of aromatic nitrogens is 3. The maximum atomic E-state index is 13.5. The number of rotatable bonds is 4. The largest absolute Gasteiger partial charge is 0.416 e. The number of para-hydroxylation sites is 1. The van der Waals surface area contributed by atoms with Gasteiger partial charge in [-0.1, -0.05) is 24.3 Å². The van der Waals surface area contributed by atoms with Gasteiger partial charge in [-0.3, -0.25) is 14.5 Å². The fourth-order valence-corrected chi connectivity index (χ4v) is 4.03. The lowest BCUT2D eigenvalue weighted by atomic mass is 10.2. The summed E-state index contributed by atoms with van der Waals surface area (Å²) < 4.78 is 40.7. The van der Waals surface area contributed by atoms with Gasteiger partial charge in [0.05, 0.1) is 22.6 Å². The van der Waals surface area contributed by atoms with Crippen LogP contribution in [0.25, 0.3) is 5.69 Å². The van der Waals surface area contributed by atoms with Crippen LogP contribution in [0.15, 0.2) is 70.8 Å². The molecule has 0 spiro atoms. The molecule has 2 aromatic heterocycles. The highest BCUT2D eigenvalue weighted by Crippen LogP contribution is 2.31. The Labute approximate surface area is 190 Å². The number of nitrogens with zero attached hydrogens (tertiary/aromatic N) is 4. The van der Waals surface area contributed by atoms with E-state index >= 15 is 0 Å². The number of hydrogen-bond donors (Lipinski definition) is 0. The Hall–Kier alpha value is -3.79. The number of halogens is 3. The van der Waals surface area contributed by atoms with E-state index in [0.29, 0.717) is 16.5 Å². The number of hydrogen-bond acceptors (Lipinski definition) is 5. The molecule has 2 aromatic carbocycles. The number of thiazole rings is 1. The highest BCUT2D eigenvalue weighted by atomic mass is 32.1. The molecule has 1 amide bonds. The minimum atomic E-state index is -4.55. The second-order valence-corrected chi connectivity index (χ2v) is 8.04. The first-order valence-corrected chi connectivity index (χ1v) is 10.6. The Kier molecular flexibility index (Phi) is 5.86. The van der Waals surface area contributed by atoms with Gasteiger partial charge in [-0.2, -0.15) is 18.3 Å². The normalized spacial score (nSPS) is 11.4. The Bertz CT molecular complexity index is 1380. The summed E-state index contributed by atoms with van der Waals surface area (Å²) in [6.45, 7) is 3.31. The third-order valence-corrected chi connectivity index (χ3v) is 5.69.